The Labute approximate surface area is 132 Å². The molecular formula is C16H14Cl2FNO. The molecule has 2 aromatic carbocycles. The molecule has 1 aliphatic rings. The number of hydrogen-bond acceptors (Lipinski definition) is 2. The topological polar surface area (TPSA) is 21.3 Å². The number of ether oxygens (including phenoxy) is 1. The van der Waals surface area contributed by atoms with Crippen LogP contribution in [0.3, 0.4) is 0 Å². The zero-order valence-electron chi connectivity index (χ0n) is 11.2. The summed E-state index contributed by atoms with van der Waals surface area (Å²) in [5, 5.41) is 4.12. The molecule has 0 atom stereocenters. The average molecular weight is 326 g/mol. The molecule has 1 fully saturated rings. The van der Waals surface area contributed by atoms with Crippen molar-refractivity contribution in [1.29, 1.82) is 0 Å². The third-order valence-corrected chi connectivity index (χ3v) is 3.82. The summed E-state index contributed by atoms with van der Waals surface area (Å²) in [6.07, 6.45) is 2.43. The van der Waals surface area contributed by atoms with Crippen LogP contribution in [-0.2, 0) is 6.54 Å². The summed E-state index contributed by atoms with van der Waals surface area (Å²) in [5.41, 5.74) is 0.967. The van der Waals surface area contributed by atoms with Gasteiger partial charge in [0, 0.05) is 29.2 Å². The SMILES string of the molecule is Fc1ccc(Oc2ccc(Cl)cc2CNC2CC2)cc1Cl. The van der Waals surface area contributed by atoms with E-state index in [4.69, 9.17) is 27.9 Å². The van der Waals surface area contributed by atoms with Gasteiger partial charge in [-0.05, 0) is 43.2 Å². The highest BCUT2D eigenvalue weighted by atomic mass is 35.5. The van der Waals surface area contributed by atoms with Gasteiger partial charge in [-0.2, -0.15) is 0 Å². The maximum atomic E-state index is 13.2. The molecule has 1 N–H and O–H groups in total. The van der Waals surface area contributed by atoms with Crippen molar-refractivity contribution < 1.29 is 9.13 Å². The van der Waals surface area contributed by atoms with Crippen LogP contribution in [0.5, 0.6) is 11.5 Å². The number of halogens is 3. The van der Waals surface area contributed by atoms with Gasteiger partial charge < -0.3 is 10.1 Å². The molecule has 0 amide bonds. The van der Waals surface area contributed by atoms with Crippen molar-refractivity contribution >= 4 is 23.2 Å². The van der Waals surface area contributed by atoms with Gasteiger partial charge in [0.15, 0.2) is 0 Å². The molecule has 0 spiro atoms. The van der Waals surface area contributed by atoms with Crippen molar-refractivity contribution in [2.45, 2.75) is 25.4 Å². The lowest BCUT2D eigenvalue weighted by Crippen LogP contribution is -2.15. The van der Waals surface area contributed by atoms with Gasteiger partial charge in [0.1, 0.15) is 17.3 Å². The smallest absolute Gasteiger partial charge is 0.142 e. The molecule has 0 aromatic heterocycles. The lowest BCUT2D eigenvalue weighted by atomic mass is 10.2. The largest absolute Gasteiger partial charge is 0.457 e. The van der Waals surface area contributed by atoms with E-state index < -0.39 is 5.82 Å². The lowest BCUT2D eigenvalue weighted by Gasteiger charge is -2.12. The number of nitrogens with one attached hydrogen (secondary N) is 1. The molecule has 2 nitrogen and oxygen atoms in total. The quantitative estimate of drug-likeness (QED) is 0.818. The molecule has 0 unspecified atom stereocenters. The van der Waals surface area contributed by atoms with Crippen LogP contribution < -0.4 is 10.1 Å². The molecule has 0 bridgehead atoms. The molecule has 2 aromatic rings. The average Bonchev–Trinajstić information content (AvgIpc) is 3.27. The third kappa shape index (κ3) is 3.88. The minimum atomic E-state index is -0.462. The number of hydrogen-bond donors (Lipinski definition) is 1. The van der Waals surface area contributed by atoms with E-state index in [0.29, 0.717) is 29.1 Å². The summed E-state index contributed by atoms with van der Waals surface area (Å²) in [7, 11) is 0. The Balaban J connectivity index is 1.80. The van der Waals surface area contributed by atoms with E-state index in [1.54, 1.807) is 12.1 Å². The van der Waals surface area contributed by atoms with Crippen molar-refractivity contribution in [3.05, 3.63) is 57.8 Å². The van der Waals surface area contributed by atoms with Crippen molar-refractivity contribution in [1.82, 2.24) is 5.32 Å². The first-order valence-corrected chi connectivity index (χ1v) is 7.52. The van der Waals surface area contributed by atoms with Gasteiger partial charge in [-0.1, -0.05) is 23.2 Å². The van der Waals surface area contributed by atoms with Gasteiger partial charge in [-0.25, -0.2) is 4.39 Å². The van der Waals surface area contributed by atoms with Gasteiger partial charge in [0.25, 0.3) is 0 Å². The summed E-state index contributed by atoms with van der Waals surface area (Å²) in [6, 6.07) is 10.3. The second-order valence-corrected chi connectivity index (χ2v) is 5.93. The first kappa shape index (κ1) is 14.6. The minimum Gasteiger partial charge on any atom is -0.457 e. The Kier molecular flexibility index (Phi) is 4.34. The van der Waals surface area contributed by atoms with Gasteiger partial charge in [0.2, 0.25) is 0 Å². The third-order valence-electron chi connectivity index (χ3n) is 3.30. The zero-order chi connectivity index (χ0) is 14.8. The maximum Gasteiger partial charge on any atom is 0.142 e. The molecule has 5 heteroatoms. The lowest BCUT2D eigenvalue weighted by molar-refractivity contribution is 0.471. The number of benzene rings is 2. The summed E-state index contributed by atoms with van der Waals surface area (Å²) in [4.78, 5) is 0. The van der Waals surface area contributed by atoms with E-state index in [9.17, 15) is 4.39 Å². The van der Waals surface area contributed by atoms with Crippen LogP contribution in [0.15, 0.2) is 36.4 Å². The fourth-order valence-electron chi connectivity index (χ4n) is 1.99. The second-order valence-electron chi connectivity index (χ2n) is 5.09. The predicted octanol–water partition coefficient (Wildman–Crippen LogP) is 5.18. The van der Waals surface area contributed by atoms with E-state index in [1.165, 1.54) is 25.0 Å². The fraction of sp³-hybridized carbons (Fsp3) is 0.250. The summed E-state index contributed by atoms with van der Waals surface area (Å²) in [6.45, 7) is 0.690. The molecule has 0 aliphatic heterocycles. The minimum absolute atomic E-state index is 0.0409. The molecule has 21 heavy (non-hydrogen) atoms. The molecule has 110 valence electrons. The Morgan fingerprint density at radius 2 is 1.95 bits per heavy atom. The van der Waals surface area contributed by atoms with Crippen molar-refractivity contribution in [2.24, 2.45) is 0 Å². The number of rotatable bonds is 5. The summed E-state index contributed by atoms with van der Waals surface area (Å²) in [5.74, 6) is 0.724. The maximum absolute atomic E-state index is 13.2. The van der Waals surface area contributed by atoms with E-state index in [1.807, 2.05) is 12.1 Å². The first-order chi connectivity index (χ1) is 10.1. The molecule has 0 radical (unpaired) electrons. The van der Waals surface area contributed by atoms with E-state index in [-0.39, 0.29) is 5.02 Å². The molecule has 1 aliphatic carbocycles. The molecule has 0 saturated heterocycles. The predicted molar refractivity (Wildman–Crippen MR) is 82.8 cm³/mol. The standard InChI is InChI=1S/C16H14Cl2FNO/c17-11-1-6-16(10(7-11)9-20-12-2-3-12)21-13-4-5-15(19)14(18)8-13/h1,4-8,12,20H,2-3,9H2. The second kappa shape index (κ2) is 6.22. The zero-order valence-corrected chi connectivity index (χ0v) is 12.7. The summed E-state index contributed by atoms with van der Waals surface area (Å²) < 4.78 is 19.0. The Hall–Kier alpha value is -1.29. The molecule has 1 saturated carbocycles. The molecular weight excluding hydrogens is 312 g/mol. The molecule has 0 heterocycles. The van der Waals surface area contributed by atoms with Gasteiger partial charge in [0.05, 0.1) is 5.02 Å². The first-order valence-electron chi connectivity index (χ1n) is 6.76. The van der Waals surface area contributed by atoms with Crippen molar-refractivity contribution in [3.8, 4) is 11.5 Å². The van der Waals surface area contributed by atoms with E-state index in [0.717, 1.165) is 5.56 Å². The van der Waals surface area contributed by atoms with Gasteiger partial charge in [-0.3, -0.25) is 0 Å². The van der Waals surface area contributed by atoms with Crippen molar-refractivity contribution in [3.63, 3.8) is 0 Å². The van der Waals surface area contributed by atoms with Crippen LogP contribution in [0.4, 0.5) is 4.39 Å². The highest BCUT2D eigenvalue weighted by Gasteiger charge is 2.20. The van der Waals surface area contributed by atoms with Crippen LogP contribution in [0.2, 0.25) is 10.0 Å². The molecule has 3 rings (SSSR count). The van der Waals surface area contributed by atoms with Crippen LogP contribution in [0.1, 0.15) is 18.4 Å². The van der Waals surface area contributed by atoms with E-state index in [2.05, 4.69) is 5.32 Å². The summed E-state index contributed by atoms with van der Waals surface area (Å²) >= 11 is 11.8. The highest BCUT2D eigenvalue weighted by molar-refractivity contribution is 6.31. The van der Waals surface area contributed by atoms with Crippen LogP contribution in [0.25, 0.3) is 0 Å². The van der Waals surface area contributed by atoms with E-state index >= 15 is 0 Å². The Morgan fingerprint density at radius 3 is 2.67 bits per heavy atom. The monoisotopic (exact) mass is 325 g/mol. The van der Waals surface area contributed by atoms with Gasteiger partial charge >= 0.3 is 0 Å². The van der Waals surface area contributed by atoms with Gasteiger partial charge in [-0.15, -0.1) is 0 Å². The van der Waals surface area contributed by atoms with Crippen molar-refractivity contribution in [2.75, 3.05) is 0 Å². The van der Waals surface area contributed by atoms with Crippen LogP contribution in [-0.4, -0.2) is 6.04 Å². The fourth-order valence-corrected chi connectivity index (χ4v) is 2.36. The Morgan fingerprint density at radius 1 is 1.14 bits per heavy atom. The normalized spacial score (nSPS) is 14.2. The van der Waals surface area contributed by atoms with Crippen LogP contribution in [0, 0.1) is 5.82 Å². The Bertz CT molecular complexity index is 659. The van der Waals surface area contributed by atoms with Crippen LogP contribution >= 0.6 is 23.2 Å². The highest BCUT2D eigenvalue weighted by Crippen LogP contribution is 2.31.